The van der Waals surface area contributed by atoms with Crippen LogP contribution in [0.3, 0.4) is 0 Å². The van der Waals surface area contributed by atoms with Gasteiger partial charge in [-0.1, -0.05) is 19.3 Å². The van der Waals surface area contributed by atoms with Crippen LogP contribution in [0.25, 0.3) is 0 Å². The molecule has 93 heavy (non-hydrogen) atoms. The van der Waals surface area contributed by atoms with E-state index in [9.17, 15) is 0 Å². The monoisotopic (exact) mass is 1450 g/mol. The molecule has 0 radical (unpaired) electrons. The van der Waals surface area contributed by atoms with Gasteiger partial charge in [0, 0.05) is 140 Å². The van der Waals surface area contributed by atoms with Crippen LogP contribution in [-0.2, 0) is 109 Å². The molecule has 6 fully saturated rings. The summed E-state index contributed by atoms with van der Waals surface area (Å²) in [6, 6.07) is 5.80. The average molecular weight is 1450 g/mol. The highest BCUT2D eigenvalue weighted by atomic mass is 28.4. The molecule has 6 rings (SSSR count). The zero-order chi connectivity index (χ0) is 69.0. The van der Waals surface area contributed by atoms with Crippen molar-refractivity contribution in [1.29, 1.82) is 0 Å². The SMILES string of the molecule is CCO[Si](C)(C)CCCOCC1CO1.CCO[Si](C)(CCCCC1CO1)OCC.CCO[Si](CCCCC1CO1)(OCC)OCC.CCO[Si](CCCOCC1CO1)(OCC)OCC.CO[Si](C)(CCCOCC1CO1)OC.CO[Si](CCCOCC1CO1)(OC)OC. The third-order valence-corrected chi connectivity index (χ3v) is 33.1. The van der Waals surface area contributed by atoms with Crippen LogP contribution in [0, 0.1) is 0 Å². The Balaban J connectivity index is 0.000000559. The molecule has 24 nitrogen and oxygen atoms in total. The number of hydrogen-bond donors (Lipinski definition) is 0. The van der Waals surface area contributed by atoms with Crippen molar-refractivity contribution in [1.82, 2.24) is 0 Å². The molecule has 6 unspecified atom stereocenters. The molecule has 0 N–H and O–H groups in total. The molecule has 6 aliphatic rings. The molecule has 0 aromatic heterocycles. The molecule has 0 spiro atoms. The third-order valence-electron chi connectivity index (χ3n) is 15.2. The number of ether oxygens (including phenoxy) is 10. The molecule has 6 heterocycles. The summed E-state index contributed by atoms with van der Waals surface area (Å²) in [6.45, 7) is 44.4. The van der Waals surface area contributed by atoms with E-state index in [4.69, 9.17) is 109 Å². The van der Waals surface area contributed by atoms with Crippen LogP contribution < -0.4 is 0 Å². The summed E-state index contributed by atoms with van der Waals surface area (Å²) < 4.78 is 131. The van der Waals surface area contributed by atoms with Crippen molar-refractivity contribution in [3.8, 4) is 0 Å². The Morgan fingerprint density at radius 2 is 0.527 bits per heavy atom. The molecule has 6 aliphatic heterocycles. The molecule has 558 valence electrons. The predicted octanol–water partition coefficient (Wildman–Crippen LogP) is 11.0. The summed E-state index contributed by atoms with van der Waals surface area (Å²) in [6.07, 6.45) is 13.5. The van der Waals surface area contributed by atoms with Gasteiger partial charge in [0.1, 0.15) is 24.4 Å². The number of epoxide rings is 6. The first kappa shape index (κ1) is 91.4. The van der Waals surface area contributed by atoms with Gasteiger partial charge in [0.15, 0.2) is 8.32 Å². The van der Waals surface area contributed by atoms with E-state index in [0.717, 1.165) is 155 Å². The molecular weight excluding hydrogens is 1310 g/mol. The van der Waals surface area contributed by atoms with E-state index in [2.05, 4.69) is 33.1 Å². The first-order chi connectivity index (χ1) is 44.8. The first-order valence-electron chi connectivity index (χ1n) is 35.3. The predicted molar refractivity (Wildman–Crippen MR) is 374 cm³/mol. The maximum Gasteiger partial charge on any atom is 0.501 e. The standard InChI is InChI=1S/C12H26O5Si.C12H26O4Si.C11H24O3Si.C10H22O3Si.C9H20O5Si.C9H20O4Si/c1-4-15-18(16-5-2,17-6-3)9-7-8-13-10-12-11-14-12;1-4-14-17(15-5-2,16-6-3)10-8-7-9-12-11-13-12;1-4-13-15(3,14-5-2)9-7-6-8-11-10-12-11;1-4-13-14(2,3)7-5-6-11-8-10-9-12-10;1-10-15(11-2,12-3)6-4-5-13-7-9-8-14-9;1-10-14(3,11-2)6-4-5-12-7-9-8-13-9/h12H,4-11H2,1-3H3;12H,4-11H2,1-3H3;11H,4-10H2,1-3H3;10H,4-9H2,1-3H3;9H,4-8H2,1-3H3;9H,4-8H2,1-3H3. The minimum Gasteiger partial charge on any atom is -0.418 e. The van der Waals surface area contributed by atoms with Crippen LogP contribution in [0.1, 0.15) is 127 Å². The quantitative estimate of drug-likeness (QED) is 0.0312. The summed E-state index contributed by atoms with van der Waals surface area (Å²) in [4.78, 5) is 0. The largest absolute Gasteiger partial charge is 0.501 e. The van der Waals surface area contributed by atoms with Gasteiger partial charge in [-0.05, 0) is 152 Å². The number of hydrogen-bond acceptors (Lipinski definition) is 24. The zero-order valence-corrected chi connectivity index (χ0v) is 67.8. The van der Waals surface area contributed by atoms with E-state index in [0.29, 0.717) is 103 Å². The van der Waals surface area contributed by atoms with Crippen molar-refractivity contribution in [3.05, 3.63) is 0 Å². The second kappa shape index (κ2) is 56.0. The zero-order valence-electron chi connectivity index (χ0n) is 61.8. The van der Waals surface area contributed by atoms with Gasteiger partial charge in [0.05, 0.1) is 78.3 Å². The maximum atomic E-state index is 5.80. The molecule has 0 bridgehead atoms. The lowest BCUT2D eigenvalue weighted by molar-refractivity contribution is 0.0647. The highest BCUT2D eigenvalue weighted by molar-refractivity contribution is 6.71. The summed E-state index contributed by atoms with van der Waals surface area (Å²) >= 11 is 0. The lowest BCUT2D eigenvalue weighted by Crippen LogP contribution is -2.46. The van der Waals surface area contributed by atoms with Crippen molar-refractivity contribution >= 4 is 51.9 Å². The van der Waals surface area contributed by atoms with Crippen molar-refractivity contribution in [2.45, 2.75) is 226 Å². The third kappa shape index (κ3) is 51.2. The van der Waals surface area contributed by atoms with Gasteiger partial charge in [0.2, 0.25) is 0 Å². The fourth-order valence-corrected chi connectivity index (χ4v) is 22.2. The van der Waals surface area contributed by atoms with Crippen molar-refractivity contribution in [3.63, 3.8) is 0 Å². The summed E-state index contributed by atoms with van der Waals surface area (Å²) in [5, 5.41) is 0. The number of unbranched alkanes of at least 4 members (excludes halogenated alkanes) is 2. The molecular formula is C63H138O24Si6. The highest BCUT2D eigenvalue weighted by Crippen LogP contribution is 2.26. The lowest BCUT2D eigenvalue weighted by Gasteiger charge is -2.28. The smallest absolute Gasteiger partial charge is 0.418 e. The summed E-state index contributed by atoms with van der Waals surface area (Å²) in [5.41, 5.74) is 0. The summed E-state index contributed by atoms with van der Waals surface area (Å²) in [5.74, 6) is 0. The van der Waals surface area contributed by atoms with Crippen LogP contribution in [-0.4, -0.2) is 276 Å². The van der Waals surface area contributed by atoms with E-state index in [1.807, 2.05) is 55.4 Å². The van der Waals surface area contributed by atoms with E-state index in [1.165, 1.54) is 31.7 Å². The van der Waals surface area contributed by atoms with Gasteiger partial charge < -0.3 is 109 Å². The Morgan fingerprint density at radius 3 is 0.806 bits per heavy atom. The normalized spacial score (nSPS) is 20.3. The van der Waals surface area contributed by atoms with Crippen LogP contribution in [0.15, 0.2) is 0 Å². The Bertz CT molecular complexity index is 1620. The second-order valence-corrected chi connectivity index (χ2v) is 43.7. The van der Waals surface area contributed by atoms with Gasteiger partial charge in [-0.15, -0.1) is 0 Å². The molecule has 30 heteroatoms. The molecule has 6 saturated heterocycles. The summed E-state index contributed by atoms with van der Waals surface area (Å²) in [7, 11) is -4.03. The van der Waals surface area contributed by atoms with Gasteiger partial charge in [-0.3, -0.25) is 0 Å². The molecule has 0 saturated carbocycles. The van der Waals surface area contributed by atoms with Gasteiger partial charge in [0.25, 0.3) is 0 Å². The van der Waals surface area contributed by atoms with E-state index >= 15 is 0 Å². The van der Waals surface area contributed by atoms with Crippen molar-refractivity contribution in [2.75, 3.05) is 188 Å². The Labute approximate surface area is 571 Å². The van der Waals surface area contributed by atoms with E-state index in [1.54, 1.807) is 35.5 Å². The Kier molecular flexibility index (Phi) is 55.0. The van der Waals surface area contributed by atoms with Crippen molar-refractivity contribution < 1.29 is 109 Å². The van der Waals surface area contributed by atoms with Gasteiger partial charge >= 0.3 is 43.5 Å². The van der Waals surface area contributed by atoms with Gasteiger partial charge in [-0.2, -0.15) is 0 Å². The lowest BCUT2D eigenvalue weighted by atomic mass is 10.2. The van der Waals surface area contributed by atoms with Crippen LogP contribution in [0.4, 0.5) is 0 Å². The first-order valence-corrected chi connectivity index (χ1v) is 49.3. The molecule has 0 amide bonds. The maximum absolute atomic E-state index is 5.80. The fourth-order valence-electron chi connectivity index (χ4n) is 9.50. The van der Waals surface area contributed by atoms with Crippen LogP contribution >= 0.6 is 0 Å². The molecule has 0 aromatic rings. The fraction of sp³-hybridized carbons (Fsp3) is 1.00. The Hall–Kier alpha value is 0.341. The topological polar surface area (TPSA) is 241 Å². The molecule has 0 aliphatic carbocycles. The average Bonchev–Trinajstić information content (AvgIpc) is 4.17. The van der Waals surface area contributed by atoms with Crippen LogP contribution in [0.5, 0.6) is 0 Å². The van der Waals surface area contributed by atoms with E-state index < -0.39 is 51.9 Å². The van der Waals surface area contributed by atoms with Crippen molar-refractivity contribution in [2.24, 2.45) is 0 Å². The second-order valence-electron chi connectivity index (χ2n) is 23.9. The molecule has 6 atom stereocenters. The number of rotatable bonds is 57. The van der Waals surface area contributed by atoms with Crippen LogP contribution in [0.2, 0.25) is 62.5 Å². The Morgan fingerprint density at radius 1 is 0.269 bits per heavy atom. The van der Waals surface area contributed by atoms with E-state index in [-0.39, 0.29) is 0 Å². The minimum absolute atomic E-state index is 0.331. The molecule has 0 aromatic carbocycles. The minimum atomic E-state index is -2.47. The highest BCUT2D eigenvalue weighted by Gasteiger charge is 2.42. The van der Waals surface area contributed by atoms with Gasteiger partial charge in [-0.25, -0.2) is 0 Å².